The number of carbonyl (C=O) groups is 2. The number of hydrogen-bond donors (Lipinski definition) is 5. The summed E-state index contributed by atoms with van der Waals surface area (Å²) < 4.78 is 0. The van der Waals surface area contributed by atoms with Crippen LogP contribution in [0.4, 0.5) is 0 Å². The van der Waals surface area contributed by atoms with Gasteiger partial charge in [-0.05, 0) is 0 Å². The summed E-state index contributed by atoms with van der Waals surface area (Å²) in [5, 5.41) is 35.3. The zero-order valence-electron chi connectivity index (χ0n) is 6.57. The maximum atomic E-state index is 10.3. The van der Waals surface area contributed by atoms with Crippen LogP contribution in [0, 0.1) is 0 Å². The second-order valence-corrected chi connectivity index (χ2v) is 2.46. The van der Waals surface area contributed by atoms with Crippen LogP contribution in [-0.4, -0.2) is 57.0 Å². The van der Waals surface area contributed by atoms with E-state index in [1.165, 1.54) is 0 Å². The molecule has 0 aromatic rings. The van der Waals surface area contributed by atoms with Crippen LogP contribution in [0.15, 0.2) is 0 Å². The Kier molecular flexibility index (Phi) is 4.49. The Morgan fingerprint density at radius 2 is 1.62 bits per heavy atom. The van der Waals surface area contributed by atoms with Crippen molar-refractivity contribution < 1.29 is 30.0 Å². The van der Waals surface area contributed by atoms with E-state index < -0.39 is 30.3 Å². The van der Waals surface area contributed by atoms with E-state index in [1.54, 1.807) is 0 Å². The van der Waals surface area contributed by atoms with Crippen LogP contribution in [0.25, 0.3) is 0 Å². The quantitative estimate of drug-likeness (QED) is 0.283. The van der Waals surface area contributed by atoms with Gasteiger partial charge in [-0.3, -0.25) is 4.79 Å². The molecule has 6 N–H and O–H groups in total. The Morgan fingerprint density at radius 1 is 1.15 bits per heavy atom. The molecule has 0 aliphatic heterocycles. The van der Waals surface area contributed by atoms with E-state index in [0.717, 1.165) is 0 Å². The first-order valence-corrected chi connectivity index (χ1v) is 3.38. The Labute approximate surface area is 73.4 Å². The van der Waals surface area contributed by atoms with Gasteiger partial charge in [0.25, 0.3) is 0 Å². The average Bonchev–Trinajstić information content (AvgIpc) is 2.12. The summed E-state index contributed by atoms with van der Waals surface area (Å²) in [7, 11) is 0. The lowest BCUT2D eigenvalue weighted by Crippen LogP contribution is -2.49. The first kappa shape index (κ1) is 12.0. The van der Waals surface area contributed by atoms with E-state index in [4.69, 9.17) is 20.4 Å². The van der Waals surface area contributed by atoms with Gasteiger partial charge in [0.05, 0.1) is 0 Å². The molecule has 0 heterocycles. The zero-order valence-corrected chi connectivity index (χ0v) is 6.57. The molecule has 0 rings (SSSR count). The van der Waals surface area contributed by atoms with Crippen LogP contribution in [0.1, 0.15) is 0 Å². The normalized spacial score (nSPS) is 20.0. The standard InChI is InChI=1S/C6H11NO6/c7-6(13)5(12)4(11)3(10)2(9)1-8/h1-5,9-12H,(H2,7,13)/t2-,3+,4+,5-/m0/s1. The van der Waals surface area contributed by atoms with Crippen LogP contribution >= 0.6 is 0 Å². The third-order valence-corrected chi connectivity index (χ3v) is 1.45. The van der Waals surface area contributed by atoms with E-state index in [0.29, 0.717) is 0 Å². The third kappa shape index (κ3) is 3.07. The van der Waals surface area contributed by atoms with Gasteiger partial charge in [-0.25, -0.2) is 0 Å². The molecule has 7 nitrogen and oxygen atoms in total. The summed E-state index contributed by atoms with van der Waals surface area (Å²) in [5.74, 6) is -1.26. The van der Waals surface area contributed by atoms with Gasteiger partial charge in [0, 0.05) is 0 Å². The van der Waals surface area contributed by atoms with Crippen LogP contribution in [0.3, 0.4) is 0 Å². The van der Waals surface area contributed by atoms with Crippen molar-refractivity contribution in [3.8, 4) is 0 Å². The summed E-state index contributed by atoms with van der Waals surface area (Å²) in [6, 6.07) is 0. The first-order valence-electron chi connectivity index (χ1n) is 3.38. The van der Waals surface area contributed by atoms with Gasteiger partial charge in [0.2, 0.25) is 5.91 Å². The average molecular weight is 193 g/mol. The van der Waals surface area contributed by atoms with E-state index in [2.05, 4.69) is 5.73 Å². The molecule has 0 bridgehead atoms. The predicted octanol–water partition coefficient (Wildman–Crippen LogP) is -3.89. The fourth-order valence-corrected chi connectivity index (χ4v) is 0.638. The highest BCUT2D eigenvalue weighted by Crippen LogP contribution is 2.03. The largest absolute Gasteiger partial charge is 0.387 e. The molecule has 0 aliphatic carbocycles. The number of rotatable bonds is 5. The summed E-state index contributed by atoms with van der Waals surface area (Å²) in [6.45, 7) is 0. The maximum Gasteiger partial charge on any atom is 0.249 e. The molecular formula is C6H11NO6. The van der Waals surface area contributed by atoms with Crippen molar-refractivity contribution in [2.45, 2.75) is 24.4 Å². The highest BCUT2D eigenvalue weighted by Gasteiger charge is 2.32. The van der Waals surface area contributed by atoms with Gasteiger partial charge < -0.3 is 31.0 Å². The highest BCUT2D eigenvalue weighted by molar-refractivity contribution is 5.79. The second-order valence-electron chi connectivity index (χ2n) is 2.46. The summed E-state index contributed by atoms with van der Waals surface area (Å²) in [4.78, 5) is 20.2. The topological polar surface area (TPSA) is 141 Å². The van der Waals surface area contributed by atoms with Crippen molar-refractivity contribution in [1.82, 2.24) is 0 Å². The first-order chi connectivity index (χ1) is 5.91. The molecule has 0 spiro atoms. The van der Waals surface area contributed by atoms with E-state index in [1.807, 2.05) is 0 Å². The molecule has 13 heavy (non-hydrogen) atoms. The monoisotopic (exact) mass is 193 g/mol. The SMILES string of the molecule is NC(=O)[C@@H](O)[C@H](O)[C@H](O)[C@@H](O)C=O. The van der Waals surface area contributed by atoms with E-state index >= 15 is 0 Å². The summed E-state index contributed by atoms with van der Waals surface area (Å²) in [5.41, 5.74) is 4.59. The Morgan fingerprint density at radius 3 is 1.92 bits per heavy atom. The van der Waals surface area contributed by atoms with Crippen LogP contribution in [0.2, 0.25) is 0 Å². The van der Waals surface area contributed by atoms with Crippen LogP contribution in [0.5, 0.6) is 0 Å². The lowest BCUT2D eigenvalue weighted by molar-refractivity contribution is -0.147. The number of hydrogen-bond acceptors (Lipinski definition) is 6. The smallest absolute Gasteiger partial charge is 0.249 e. The number of amides is 1. The van der Waals surface area contributed by atoms with Gasteiger partial charge in [0.1, 0.15) is 18.3 Å². The van der Waals surface area contributed by atoms with Crippen molar-refractivity contribution in [2.75, 3.05) is 0 Å². The molecule has 0 fully saturated rings. The molecule has 0 radical (unpaired) electrons. The van der Waals surface area contributed by atoms with Crippen molar-refractivity contribution in [1.29, 1.82) is 0 Å². The van der Waals surface area contributed by atoms with Gasteiger partial charge in [-0.2, -0.15) is 0 Å². The number of aliphatic hydroxyl groups is 4. The number of carbonyl (C=O) groups excluding carboxylic acids is 2. The minimum absolute atomic E-state index is 0.0401. The van der Waals surface area contributed by atoms with E-state index in [-0.39, 0.29) is 6.29 Å². The molecule has 0 saturated heterocycles. The van der Waals surface area contributed by atoms with Crippen molar-refractivity contribution in [3.05, 3.63) is 0 Å². The molecule has 0 aromatic carbocycles. The molecule has 7 heteroatoms. The second kappa shape index (κ2) is 4.87. The van der Waals surface area contributed by atoms with Crippen molar-refractivity contribution in [2.24, 2.45) is 5.73 Å². The zero-order chi connectivity index (χ0) is 10.6. The van der Waals surface area contributed by atoms with Crippen molar-refractivity contribution >= 4 is 12.2 Å². The number of nitrogens with two attached hydrogens (primary N) is 1. The molecule has 0 saturated carbocycles. The summed E-state index contributed by atoms with van der Waals surface area (Å²) in [6.07, 6.45) is -7.87. The predicted molar refractivity (Wildman–Crippen MR) is 39.3 cm³/mol. The molecule has 1 amide bonds. The van der Waals surface area contributed by atoms with E-state index in [9.17, 15) is 9.59 Å². The lowest BCUT2D eigenvalue weighted by Gasteiger charge is -2.21. The lowest BCUT2D eigenvalue weighted by atomic mass is 10.0. The fourth-order valence-electron chi connectivity index (χ4n) is 0.638. The van der Waals surface area contributed by atoms with Crippen LogP contribution in [-0.2, 0) is 9.59 Å². The van der Waals surface area contributed by atoms with Crippen LogP contribution < -0.4 is 5.73 Å². The molecule has 4 atom stereocenters. The Balaban J connectivity index is 4.32. The van der Waals surface area contributed by atoms with Gasteiger partial charge in [-0.1, -0.05) is 0 Å². The maximum absolute atomic E-state index is 10.3. The molecular weight excluding hydrogens is 182 g/mol. The fraction of sp³-hybridized carbons (Fsp3) is 0.667. The molecule has 0 aliphatic rings. The minimum Gasteiger partial charge on any atom is -0.387 e. The number of aldehydes is 1. The van der Waals surface area contributed by atoms with Crippen molar-refractivity contribution in [3.63, 3.8) is 0 Å². The van der Waals surface area contributed by atoms with Gasteiger partial charge in [0.15, 0.2) is 12.4 Å². The minimum atomic E-state index is -2.02. The molecule has 0 unspecified atom stereocenters. The molecule has 76 valence electrons. The number of aliphatic hydroxyl groups excluding tert-OH is 4. The third-order valence-electron chi connectivity index (χ3n) is 1.45. The van der Waals surface area contributed by atoms with Gasteiger partial charge in [-0.15, -0.1) is 0 Å². The highest BCUT2D eigenvalue weighted by atomic mass is 16.4. The molecule has 0 aromatic heterocycles. The number of primary amides is 1. The Hall–Kier alpha value is -1.02. The summed E-state index contributed by atoms with van der Waals surface area (Å²) >= 11 is 0. The Bertz CT molecular complexity index is 196. The van der Waals surface area contributed by atoms with Gasteiger partial charge >= 0.3 is 0 Å².